The summed E-state index contributed by atoms with van der Waals surface area (Å²) in [5.74, 6) is -0.851. The van der Waals surface area contributed by atoms with Crippen LogP contribution in [0.25, 0.3) is 0 Å². The molecule has 0 fully saturated rings. The van der Waals surface area contributed by atoms with Gasteiger partial charge in [-0.3, -0.25) is 4.79 Å². The Morgan fingerprint density at radius 2 is 1.85 bits per heavy atom. The van der Waals surface area contributed by atoms with Crippen LogP contribution in [-0.4, -0.2) is 19.0 Å². The molecule has 0 unspecified atom stereocenters. The minimum Gasteiger partial charge on any atom is -0.465 e. The van der Waals surface area contributed by atoms with Crippen molar-refractivity contribution in [1.29, 1.82) is 0 Å². The quantitative estimate of drug-likeness (QED) is 0.881. The number of amides is 1. The van der Waals surface area contributed by atoms with Crippen LogP contribution in [0.15, 0.2) is 48.5 Å². The summed E-state index contributed by atoms with van der Waals surface area (Å²) >= 11 is 5.84. The molecule has 2 rings (SSSR count). The second-order valence-electron chi connectivity index (χ2n) is 4.00. The number of benzene rings is 2. The lowest BCUT2D eigenvalue weighted by Gasteiger charge is -2.09. The fraction of sp³-hybridized carbons (Fsp3) is 0.0667. The summed E-state index contributed by atoms with van der Waals surface area (Å²) in [5, 5.41) is 3.14. The molecule has 2 aromatic rings. The van der Waals surface area contributed by atoms with Gasteiger partial charge in [0.15, 0.2) is 0 Å². The Hall–Kier alpha value is -2.33. The average Bonchev–Trinajstić information content (AvgIpc) is 2.47. The summed E-state index contributed by atoms with van der Waals surface area (Å²) in [7, 11) is 1.29. The molecule has 0 aliphatic heterocycles. The van der Waals surface area contributed by atoms with Crippen LogP contribution in [0.2, 0.25) is 5.02 Å². The minimum absolute atomic E-state index is 0.297. The van der Waals surface area contributed by atoms with Gasteiger partial charge < -0.3 is 10.1 Å². The van der Waals surface area contributed by atoms with Crippen molar-refractivity contribution in [2.24, 2.45) is 0 Å². The van der Waals surface area contributed by atoms with Gasteiger partial charge in [-0.1, -0.05) is 29.8 Å². The van der Waals surface area contributed by atoms with Crippen molar-refractivity contribution >= 4 is 29.2 Å². The van der Waals surface area contributed by atoms with Crippen molar-refractivity contribution in [3.63, 3.8) is 0 Å². The maximum Gasteiger partial charge on any atom is 0.339 e. The van der Waals surface area contributed by atoms with Crippen molar-refractivity contribution in [2.75, 3.05) is 12.4 Å². The first-order chi connectivity index (χ1) is 9.61. The molecule has 0 saturated heterocycles. The zero-order valence-electron chi connectivity index (χ0n) is 10.7. The predicted molar refractivity (Wildman–Crippen MR) is 77.2 cm³/mol. The number of rotatable bonds is 3. The van der Waals surface area contributed by atoms with Gasteiger partial charge in [0.1, 0.15) is 0 Å². The summed E-state index contributed by atoms with van der Waals surface area (Å²) in [5.41, 5.74) is 1.10. The van der Waals surface area contributed by atoms with Gasteiger partial charge in [-0.25, -0.2) is 4.79 Å². The van der Waals surface area contributed by atoms with Crippen molar-refractivity contribution in [2.45, 2.75) is 0 Å². The molecule has 2 aromatic carbocycles. The molecule has 0 radical (unpaired) electrons. The molecule has 102 valence electrons. The lowest BCUT2D eigenvalue weighted by molar-refractivity contribution is 0.0602. The van der Waals surface area contributed by atoms with Crippen LogP contribution >= 0.6 is 11.6 Å². The maximum absolute atomic E-state index is 12.1. The Labute approximate surface area is 121 Å². The Balaban J connectivity index is 2.26. The molecule has 0 atom stereocenters. The van der Waals surface area contributed by atoms with Crippen molar-refractivity contribution < 1.29 is 14.3 Å². The molecule has 4 nitrogen and oxygen atoms in total. The number of ether oxygens (including phenoxy) is 1. The van der Waals surface area contributed by atoms with Gasteiger partial charge in [0.05, 0.1) is 18.4 Å². The van der Waals surface area contributed by atoms with Gasteiger partial charge in [-0.05, 0) is 30.3 Å². The summed E-state index contributed by atoms with van der Waals surface area (Å²) in [6, 6.07) is 13.2. The van der Waals surface area contributed by atoms with Crippen LogP contribution in [0, 0.1) is 0 Å². The van der Waals surface area contributed by atoms with Crippen molar-refractivity contribution in [3.8, 4) is 0 Å². The monoisotopic (exact) mass is 289 g/mol. The zero-order chi connectivity index (χ0) is 14.5. The highest BCUT2D eigenvalue weighted by Gasteiger charge is 2.14. The summed E-state index contributed by atoms with van der Waals surface area (Å²) in [6.45, 7) is 0. The lowest BCUT2D eigenvalue weighted by Crippen LogP contribution is -2.15. The molecule has 20 heavy (non-hydrogen) atoms. The Bertz CT molecular complexity index is 655. The third kappa shape index (κ3) is 3.16. The number of esters is 1. The predicted octanol–water partition coefficient (Wildman–Crippen LogP) is 3.38. The van der Waals surface area contributed by atoms with Gasteiger partial charge >= 0.3 is 5.97 Å². The van der Waals surface area contributed by atoms with Crippen LogP contribution in [-0.2, 0) is 4.74 Å². The first-order valence-corrected chi connectivity index (χ1v) is 6.24. The van der Waals surface area contributed by atoms with E-state index in [1.54, 1.807) is 48.5 Å². The first-order valence-electron chi connectivity index (χ1n) is 5.86. The van der Waals surface area contributed by atoms with Gasteiger partial charge in [0.2, 0.25) is 0 Å². The number of methoxy groups -OCH3 is 1. The van der Waals surface area contributed by atoms with E-state index in [4.69, 9.17) is 11.6 Å². The van der Waals surface area contributed by atoms with E-state index in [9.17, 15) is 9.59 Å². The molecule has 0 aromatic heterocycles. The minimum atomic E-state index is -0.507. The highest BCUT2D eigenvalue weighted by atomic mass is 35.5. The van der Waals surface area contributed by atoms with E-state index in [1.807, 2.05) is 0 Å². The fourth-order valence-electron chi connectivity index (χ4n) is 1.70. The number of carbonyl (C=O) groups is 2. The lowest BCUT2D eigenvalue weighted by atomic mass is 10.1. The van der Waals surface area contributed by atoms with E-state index in [1.165, 1.54) is 7.11 Å². The number of nitrogens with one attached hydrogen (secondary N) is 1. The second-order valence-corrected chi connectivity index (χ2v) is 4.44. The van der Waals surface area contributed by atoms with Gasteiger partial charge in [0.25, 0.3) is 5.91 Å². The Morgan fingerprint density at radius 3 is 2.55 bits per heavy atom. The molecule has 1 amide bonds. The molecule has 0 aliphatic carbocycles. The van der Waals surface area contributed by atoms with Crippen LogP contribution in [0.5, 0.6) is 0 Å². The maximum atomic E-state index is 12.1. The topological polar surface area (TPSA) is 55.4 Å². The zero-order valence-corrected chi connectivity index (χ0v) is 11.5. The Kier molecular flexibility index (Phi) is 4.38. The third-order valence-corrected chi connectivity index (χ3v) is 2.90. The van der Waals surface area contributed by atoms with Gasteiger partial charge in [0, 0.05) is 10.6 Å². The van der Waals surface area contributed by atoms with E-state index in [0.717, 1.165) is 0 Å². The van der Waals surface area contributed by atoms with Crippen LogP contribution in [0.4, 0.5) is 5.69 Å². The van der Waals surface area contributed by atoms with E-state index < -0.39 is 5.97 Å². The Morgan fingerprint density at radius 1 is 1.10 bits per heavy atom. The summed E-state index contributed by atoms with van der Waals surface area (Å²) in [6.07, 6.45) is 0. The highest BCUT2D eigenvalue weighted by Crippen LogP contribution is 2.18. The standard InChI is InChI=1S/C15H12ClNO3/c1-20-15(19)12-7-2-3-8-13(12)17-14(18)10-5-4-6-11(16)9-10/h2-9H,1H3,(H,17,18). The van der Waals surface area contributed by atoms with Crippen molar-refractivity contribution in [1.82, 2.24) is 0 Å². The fourth-order valence-corrected chi connectivity index (χ4v) is 1.89. The largest absolute Gasteiger partial charge is 0.465 e. The number of halogens is 1. The number of hydrogen-bond donors (Lipinski definition) is 1. The van der Waals surface area contributed by atoms with E-state index >= 15 is 0 Å². The molecule has 0 spiro atoms. The molecule has 0 aliphatic rings. The van der Waals surface area contributed by atoms with Crippen molar-refractivity contribution in [3.05, 3.63) is 64.7 Å². The molecule has 5 heteroatoms. The SMILES string of the molecule is COC(=O)c1ccccc1NC(=O)c1cccc(Cl)c1. The third-order valence-electron chi connectivity index (χ3n) is 2.67. The average molecular weight is 290 g/mol. The molecular formula is C15H12ClNO3. The van der Waals surface area contributed by atoms with E-state index in [2.05, 4.69) is 10.1 Å². The van der Waals surface area contributed by atoms with Crippen LogP contribution < -0.4 is 5.32 Å². The molecule has 0 saturated carbocycles. The van der Waals surface area contributed by atoms with Gasteiger partial charge in [-0.15, -0.1) is 0 Å². The first kappa shape index (κ1) is 14.1. The molecule has 0 bridgehead atoms. The molecular weight excluding hydrogens is 278 g/mol. The number of para-hydroxylation sites is 1. The van der Waals surface area contributed by atoms with Crippen LogP contribution in [0.3, 0.4) is 0 Å². The number of anilines is 1. The summed E-state index contributed by atoms with van der Waals surface area (Å²) in [4.78, 5) is 23.7. The second kappa shape index (κ2) is 6.21. The molecule has 1 N–H and O–H groups in total. The normalized spacial score (nSPS) is 9.90. The number of carbonyl (C=O) groups excluding carboxylic acids is 2. The van der Waals surface area contributed by atoms with Crippen LogP contribution in [0.1, 0.15) is 20.7 Å². The summed E-state index contributed by atoms with van der Waals surface area (Å²) < 4.78 is 4.67. The number of hydrogen-bond acceptors (Lipinski definition) is 3. The van der Waals surface area contributed by atoms with E-state index in [0.29, 0.717) is 21.8 Å². The highest BCUT2D eigenvalue weighted by molar-refractivity contribution is 6.31. The molecule has 0 heterocycles. The van der Waals surface area contributed by atoms with E-state index in [-0.39, 0.29) is 5.91 Å². The van der Waals surface area contributed by atoms with Gasteiger partial charge in [-0.2, -0.15) is 0 Å². The smallest absolute Gasteiger partial charge is 0.339 e.